The van der Waals surface area contributed by atoms with Gasteiger partial charge >= 0.3 is 0 Å². The Morgan fingerprint density at radius 1 is 1.70 bits per heavy atom. The molecule has 10 heavy (non-hydrogen) atoms. The fraction of sp³-hybridized carbons (Fsp3) is 0.800. The normalized spacial score (nSPS) is 23.5. The second kappa shape index (κ2) is 1.93. The minimum absolute atomic E-state index is 0.499. The Labute approximate surface area is 58.4 Å². The van der Waals surface area contributed by atoms with Gasteiger partial charge in [-0.25, -0.2) is 4.68 Å². The van der Waals surface area contributed by atoms with E-state index in [1.807, 2.05) is 0 Å². The fourth-order valence-corrected chi connectivity index (χ4v) is 1.07. The molecule has 54 valence electrons. The smallest absolute Gasteiger partial charge is 0.243 e. The van der Waals surface area contributed by atoms with Gasteiger partial charge < -0.3 is 5.32 Å². The summed E-state index contributed by atoms with van der Waals surface area (Å²) in [6.45, 7) is 3.05. The molecule has 1 aromatic rings. The zero-order valence-corrected chi connectivity index (χ0v) is 5.78. The van der Waals surface area contributed by atoms with E-state index in [2.05, 4.69) is 27.8 Å². The van der Waals surface area contributed by atoms with Crippen LogP contribution in [0.2, 0.25) is 0 Å². The molecule has 5 heteroatoms. The zero-order chi connectivity index (χ0) is 6.97. The fourth-order valence-electron chi connectivity index (χ4n) is 1.07. The quantitative estimate of drug-likeness (QED) is 0.544. The van der Waals surface area contributed by atoms with Crippen molar-refractivity contribution in [3.05, 3.63) is 0 Å². The van der Waals surface area contributed by atoms with Crippen LogP contribution in [0, 0.1) is 0 Å². The molecular formula is C5H9N5. The van der Waals surface area contributed by atoms with Crippen molar-refractivity contribution in [3.8, 4) is 0 Å². The zero-order valence-electron chi connectivity index (χ0n) is 5.78. The van der Waals surface area contributed by atoms with Crippen LogP contribution in [0.5, 0.6) is 0 Å². The van der Waals surface area contributed by atoms with Crippen molar-refractivity contribution in [2.75, 3.05) is 5.32 Å². The molecule has 0 amide bonds. The van der Waals surface area contributed by atoms with Gasteiger partial charge in [-0.05, 0) is 23.8 Å². The van der Waals surface area contributed by atoms with E-state index in [9.17, 15) is 0 Å². The highest BCUT2D eigenvalue weighted by atomic mass is 15.6. The Balaban J connectivity index is 2.30. The standard InChI is InChI=1S/C5H9N5/c1-4-2-3-10-5(6-4)7-8-9-10/h4H,2-3H2,1H3,(H,6,7,9). The van der Waals surface area contributed by atoms with Gasteiger partial charge in [0, 0.05) is 12.6 Å². The minimum atomic E-state index is 0.499. The van der Waals surface area contributed by atoms with E-state index < -0.39 is 0 Å². The molecule has 1 aliphatic heterocycles. The lowest BCUT2D eigenvalue weighted by atomic mass is 10.2. The van der Waals surface area contributed by atoms with Crippen molar-refractivity contribution < 1.29 is 0 Å². The van der Waals surface area contributed by atoms with E-state index in [4.69, 9.17) is 0 Å². The SMILES string of the molecule is CC1CCn2nnnc2N1. The lowest BCUT2D eigenvalue weighted by Gasteiger charge is -2.19. The molecule has 0 saturated heterocycles. The summed E-state index contributed by atoms with van der Waals surface area (Å²) >= 11 is 0. The first-order valence-corrected chi connectivity index (χ1v) is 3.39. The number of fused-ring (bicyclic) bond motifs is 1. The highest BCUT2D eigenvalue weighted by molar-refractivity contribution is 5.24. The largest absolute Gasteiger partial charge is 0.351 e. The average Bonchev–Trinajstić information content (AvgIpc) is 2.33. The number of nitrogens with zero attached hydrogens (tertiary/aromatic N) is 4. The minimum Gasteiger partial charge on any atom is -0.351 e. The van der Waals surface area contributed by atoms with Crippen LogP contribution >= 0.6 is 0 Å². The molecule has 1 atom stereocenters. The summed E-state index contributed by atoms with van der Waals surface area (Å²) in [5.74, 6) is 0.791. The number of rotatable bonds is 0. The van der Waals surface area contributed by atoms with Gasteiger partial charge in [-0.1, -0.05) is 5.10 Å². The van der Waals surface area contributed by atoms with E-state index in [0.717, 1.165) is 18.9 Å². The predicted molar refractivity (Wildman–Crippen MR) is 35.5 cm³/mol. The number of hydrogen-bond acceptors (Lipinski definition) is 4. The number of anilines is 1. The highest BCUT2D eigenvalue weighted by Crippen LogP contribution is 2.11. The van der Waals surface area contributed by atoms with Crippen molar-refractivity contribution in [3.63, 3.8) is 0 Å². The van der Waals surface area contributed by atoms with Crippen LogP contribution in [-0.4, -0.2) is 26.2 Å². The first-order valence-electron chi connectivity index (χ1n) is 3.39. The van der Waals surface area contributed by atoms with Crippen LogP contribution in [0.15, 0.2) is 0 Å². The molecule has 0 saturated carbocycles. The molecule has 0 aliphatic carbocycles. The Morgan fingerprint density at radius 3 is 3.50 bits per heavy atom. The Bertz CT molecular complexity index is 230. The second-order valence-corrected chi connectivity index (χ2v) is 2.56. The molecule has 0 spiro atoms. The molecule has 1 unspecified atom stereocenters. The van der Waals surface area contributed by atoms with Crippen LogP contribution in [0.1, 0.15) is 13.3 Å². The van der Waals surface area contributed by atoms with Gasteiger partial charge in [0.15, 0.2) is 0 Å². The average molecular weight is 139 g/mol. The summed E-state index contributed by atoms with van der Waals surface area (Å²) in [5, 5.41) is 14.3. The van der Waals surface area contributed by atoms with Gasteiger partial charge in [0.2, 0.25) is 5.95 Å². The monoisotopic (exact) mass is 139 g/mol. The molecule has 0 bridgehead atoms. The summed E-state index contributed by atoms with van der Waals surface area (Å²) in [5.41, 5.74) is 0. The van der Waals surface area contributed by atoms with Gasteiger partial charge in [-0.2, -0.15) is 0 Å². The summed E-state index contributed by atoms with van der Waals surface area (Å²) in [4.78, 5) is 0. The molecular weight excluding hydrogens is 130 g/mol. The maximum atomic E-state index is 3.80. The molecule has 1 aliphatic rings. The maximum absolute atomic E-state index is 3.80. The van der Waals surface area contributed by atoms with Gasteiger partial charge in [0.1, 0.15) is 0 Å². The predicted octanol–water partition coefficient (Wildman–Crippen LogP) is -0.123. The van der Waals surface area contributed by atoms with E-state index in [1.54, 1.807) is 4.68 Å². The number of nitrogens with one attached hydrogen (secondary N) is 1. The summed E-state index contributed by atoms with van der Waals surface area (Å²) in [6.07, 6.45) is 1.10. The molecule has 0 aromatic carbocycles. The van der Waals surface area contributed by atoms with Crippen molar-refractivity contribution in [2.24, 2.45) is 0 Å². The van der Waals surface area contributed by atoms with E-state index in [-0.39, 0.29) is 0 Å². The molecule has 5 nitrogen and oxygen atoms in total. The first kappa shape index (κ1) is 5.64. The van der Waals surface area contributed by atoms with Gasteiger partial charge in [-0.3, -0.25) is 0 Å². The third-order valence-electron chi connectivity index (χ3n) is 1.68. The van der Waals surface area contributed by atoms with E-state index in [1.165, 1.54) is 0 Å². The lowest BCUT2D eigenvalue weighted by molar-refractivity contribution is 0.500. The van der Waals surface area contributed by atoms with Crippen LogP contribution in [0.4, 0.5) is 5.95 Å². The maximum Gasteiger partial charge on any atom is 0.243 e. The van der Waals surface area contributed by atoms with Gasteiger partial charge in [0.05, 0.1) is 0 Å². The van der Waals surface area contributed by atoms with Gasteiger partial charge in [-0.15, -0.1) is 0 Å². The van der Waals surface area contributed by atoms with Crippen molar-refractivity contribution in [1.29, 1.82) is 0 Å². The van der Waals surface area contributed by atoms with Crippen LogP contribution in [0.3, 0.4) is 0 Å². The first-order chi connectivity index (χ1) is 4.86. The van der Waals surface area contributed by atoms with Crippen LogP contribution < -0.4 is 5.32 Å². The van der Waals surface area contributed by atoms with Crippen LogP contribution in [0.25, 0.3) is 0 Å². The van der Waals surface area contributed by atoms with E-state index >= 15 is 0 Å². The number of hydrogen-bond donors (Lipinski definition) is 1. The van der Waals surface area contributed by atoms with Gasteiger partial charge in [0.25, 0.3) is 0 Å². The Morgan fingerprint density at radius 2 is 2.60 bits per heavy atom. The third-order valence-corrected chi connectivity index (χ3v) is 1.68. The number of aryl methyl sites for hydroxylation is 1. The van der Waals surface area contributed by atoms with Crippen molar-refractivity contribution in [1.82, 2.24) is 20.2 Å². The molecule has 0 radical (unpaired) electrons. The number of aromatic nitrogens is 4. The summed E-state index contributed by atoms with van der Waals surface area (Å²) in [6, 6.07) is 0.499. The third kappa shape index (κ3) is 0.741. The molecule has 2 rings (SSSR count). The topological polar surface area (TPSA) is 55.6 Å². The molecule has 0 fully saturated rings. The van der Waals surface area contributed by atoms with Crippen LogP contribution in [-0.2, 0) is 6.54 Å². The Hall–Kier alpha value is -1.13. The lowest BCUT2D eigenvalue weighted by Crippen LogP contribution is -2.26. The molecule has 1 N–H and O–H groups in total. The summed E-state index contributed by atoms with van der Waals surface area (Å²) < 4.78 is 1.78. The van der Waals surface area contributed by atoms with Crippen molar-refractivity contribution in [2.45, 2.75) is 25.9 Å². The van der Waals surface area contributed by atoms with Crippen molar-refractivity contribution >= 4 is 5.95 Å². The molecule has 1 aromatic heterocycles. The molecule has 2 heterocycles. The summed E-state index contributed by atoms with van der Waals surface area (Å²) in [7, 11) is 0. The van der Waals surface area contributed by atoms with E-state index in [0.29, 0.717) is 6.04 Å². The highest BCUT2D eigenvalue weighted by Gasteiger charge is 2.14. The second-order valence-electron chi connectivity index (χ2n) is 2.56. The number of tetrazole rings is 1. The Kier molecular flexibility index (Phi) is 1.09.